The van der Waals surface area contributed by atoms with Crippen molar-refractivity contribution in [1.29, 1.82) is 0 Å². The molecule has 0 aliphatic carbocycles. The van der Waals surface area contributed by atoms with E-state index < -0.39 is 0 Å². The molecule has 1 saturated heterocycles. The van der Waals surface area contributed by atoms with Crippen molar-refractivity contribution in [3.05, 3.63) is 60.2 Å². The maximum atomic E-state index is 9.09. The molecule has 3 nitrogen and oxygen atoms in total. The van der Waals surface area contributed by atoms with Crippen LogP contribution in [0.3, 0.4) is 0 Å². The number of rotatable bonds is 4. The summed E-state index contributed by atoms with van der Waals surface area (Å²) in [5, 5.41) is 9.09. The van der Waals surface area contributed by atoms with Gasteiger partial charge in [-0.3, -0.25) is 0 Å². The lowest BCUT2D eigenvalue weighted by atomic mass is 9.88. The Morgan fingerprint density at radius 3 is 2.14 bits per heavy atom. The molecule has 0 aromatic heterocycles. The third-order valence-corrected chi connectivity index (χ3v) is 4.17. The molecule has 2 aromatic rings. The van der Waals surface area contributed by atoms with E-state index >= 15 is 0 Å². The lowest BCUT2D eigenvalue weighted by Crippen LogP contribution is -2.37. The molecule has 0 radical (unpaired) electrons. The zero-order chi connectivity index (χ0) is 15.4. The first kappa shape index (κ1) is 15.2. The van der Waals surface area contributed by atoms with Gasteiger partial charge in [0.25, 0.3) is 0 Å². The van der Waals surface area contributed by atoms with E-state index in [4.69, 9.17) is 14.6 Å². The maximum absolute atomic E-state index is 9.09. The molecule has 2 aromatic carbocycles. The highest BCUT2D eigenvalue weighted by molar-refractivity contribution is 5.63. The Morgan fingerprint density at radius 2 is 1.55 bits per heavy atom. The van der Waals surface area contributed by atoms with Crippen LogP contribution in [0.4, 0.5) is 0 Å². The molecule has 1 heterocycles. The van der Waals surface area contributed by atoms with Gasteiger partial charge in [0.1, 0.15) is 0 Å². The van der Waals surface area contributed by atoms with Crippen molar-refractivity contribution in [3.63, 3.8) is 0 Å². The molecule has 0 unspecified atom stereocenters. The van der Waals surface area contributed by atoms with Crippen LogP contribution in [-0.2, 0) is 9.47 Å². The highest BCUT2D eigenvalue weighted by Crippen LogP contribution is 2.34. The summed E-state index contributed by atoms with van der Waals surface area (Å²) in [6.45, 7) is 3.47. The van der Waals surface area contributed by atoms with Gasteiger partial charge in [-0.25, -0.2) is 0 Å². The van der Waals surface area contributed by atoms with E-state index in [1.807, 2.05) is 18.2 Å². The number of ether oxygens (including phenoxy) is 2. The second-order valence-electron chi connectivity index (χ2n) is 6.23. The molecule has 22 heavy (non-hydrogen) atoms. The Bertz CT molecular complexity index is 584. The molecular weight excluding hydrogens is 276 g/mol. The van der Waals surface area contributed by atoms with Crippen molar-refractivity contribution in [2.24, 2.45) is 5.41 Å². The van der Waals surface area contributed by atoms with Gasteiger partial charge in [0.2, 0.25) is 0 Å². The van der Waals surface area contributed by atoms with Gasteiger partial charge in [0.05, 0.1) is 13.2 Å². The topological polar surface area (TPSA) is 38.7 Å². The largest absolute Gasteiger partial charge is 0.396 e. The highest BCUT2D eigenvalue weighted by Gasteiger charge is 2.32. The van der Waals surface area contributed by atoms with Crippen molar-refractivity contribution in [2.45, 2.75) is 19.6 Å². The molecule has 116 valence electrons. The maximum Gasteiger partial charge on any atom is 0.183 e. The van der Waals surface area contributed by atoms with Crippen LogP contribution >= 0.6 is 0 Å². The minimum atomic E-state index is -0.309. The summed E-state index contributed by atoms with van der Waals surface area (Å²) in [7, 11) is 0. The fourth-order valence-electron chi connectivity index (χ4n) is 2.71. The fourth-order valence-corrected chi connectivity index (χ4v) is 2.71. The summed E-state index contributed by atoms with van der Waals surface area (Å²) in [6, 6.07) is 18.6. The summed E-state index contributed by atoms with van der Waals surface area (Å²) in [6.07, 6.45) is 0.392. The minimum absolute atomic E-state index is 0.0881. The van der Waals surface area contributed by atoms with Crippen molar-refractivity contribution in [1.82, 2.24) is 0 Å². The summed E-state index contributed by atoms with van der Waals surface area (Å²) in [5.74, 6) is 0. The van der Waals surface area contributed by atoms with E-state index in [1.165, 1.54) is 11.1 Å². The standard InChI is InChI=1S/C19H22O3/c1-19(11-12-20)13-21-18(22-14-19)17-9-7-16(8-10-17)15-5-3-2-4-6-15/h2-10,18,20H,11-14H2,1H3. The SMILES string of the molecule is CC1(CCO)COC(c2ccc(-c3ccccc3)cc2)OC1. The Labute approximate surface area is 131 Å². The zero-order valence-corrected chi connectivity index (χ0v) is 12.9. The van der Waals surface area contributed by atoms with E-state index in [1.54, 1.807) is 0 Å². The molecule has 1 aliphatic rings. The average molecular weight is 298 g/mol. The Morgan fingerprint density at radius 1 is 0.955 bits per heavy atom. The van der Waals surface area contributed by atoms with Crippen molar-refractivity contribution >= 4 is 0 Å². The Kier molecular flexibility index (Phi) is 4.57. The lowest BCUT2D eigenvalue weighted by molar-refractivity contribution is -0.232. The van der Waals surface area contributed by atoms with Gasteiger partial charge < -0.3 is 14.6 Å². The molecular formula is C19H22O3. The third kappa shape index (κ3) is 3.38. The van der Waals surface area contributed by atoms with Crippen LogP contribution in [0.5, 0.6) is 0 Å². The van der Waals surface area contributed by atoms with E-state index in [0.29, 0.717) is 19.6 Å². The number of hydrogen-bond donors (Lipinski definition) is 1. The van der Waals surface area contributed by atoms with Gasteiger partial charge in [-0.1, -0.05) is 61.5 Å². The first-order valence-electron chi connectivity index (χ1n) is 7.70. The molecule has 0 amide bonds. The monoisotopic (exact) mass is 298 g/mol. The van der Waals surface area contributed by atoms with Crippen LogP contribution in [0, 0.1) is 5.41 Å². The van der Waals surface area contributed by atoms with Crippen LogP contribution in [0.15, 0.2) is 54.6 Å². The second kappa shape index (κ2) is 6.61. The summed E-state index contributed by atoms with van der Waals surface area (Å²) >= 11 is 0. The summed E-state index contributed by atoms with van der Waals surface area (Å²) in [4.78, 5) is 0. The molecule has 0 bridgehead atoms. The van der Waals surface area contributed by atoms with Crippen LogP contribution in [-0.4, -0.2) is 24.9 Å². The third-order valence-electron chi connectivity index (χ3n) is 4.17. The molecule has 1 fully saturated rings. The number of hydrogen-bond acceptors (Lipinski definition) is 3. The molecule has 3 heteroatoms. The summed E-state index contributed by atoms with van der Waals surface area (Å²) < 4.78 is 11.7. The molecule has 3 rings (SSSR count). The first-order valence-corrected chi connectivity index (χ1v) is 7.70. The molecule has 1 aliphatic heterocycles. The average Bonchev–Trinajstić information content (AvgIpc) is 2.57. The highest BCUT2D eigenvalue weighted by atomic mass is 16.7. The van der Waals surface area contributed by atoms with Gasteiger partial charge in [-0.05, 0) is 17.5 Å². The number of aliphatic hydroxyl groups excluding tert-OH is 1. The van der Waals surface area contributed by atoms with E-state index in [-0.39, 0.29) is 18.3 Å². The predicted molar refractivity (Wildman–Crippen MR) is 86.3 cm³/mol. The molecule has 0 atom stereocenters. The zero-order valence-electron chi connectivity index (χ0n) is 12.9. The van der Waals surface area contributed by atoms with Crippen molar-refractivity contribution in [2.75, 3.05) is 19.8 Å². The second-order valence-corrected chi connectivity index (χ2v) is 6.23. The fraction of sp³-hybridized carbons (Fsp3) is 0.368. The van der Waals surface area contributed by atoms with Gasteiger partial charge in [-0.2, -0.15) is 0 Å². The van der Waals surface area contributed by atoms with E-state index in [2.05, 4.69) is 43.3 Å². The molecule has 0 spiro atoms. The van der Waals surface area contributed by atoms with Crippen molar-refractivity contribution < 1.29 is 14.6 Å². The number of benzene rings is 2. The summed E-state index contributed by atoms with van der Waals surface area (Å²) in [5.41, 5.74) is 3.33. The smallest absolute Gasteiger partial charge is 0.183 e. The van der Waals surface area contributed by atoms with Crippen molar-refractivity contribution in [3.8, 4) is 11.1 Å². The van der Waals surface area contributed by atoms with Gasteiger partial charge in [0.15, 0.2) is 6.29 Å². The normalized spacial score (nSPS) is 25.1. The van der Waals surface area contributed by atoms with Crippen LogP contribution in [0.1, 0.15) is 25.2 Å². The van der Waals surface area contributed by atoms with Gasteiger partial charge in [-0.15, -0.1) is 0 Å². The van der Waals surface area contributed by atoms with E-state index in [0.717, 1.165) is 5.56 Å². The van der Waals surface area contributed by atoms with E-state index in [9.17, 15) is 0 Å². The lowest BCUT2D eigenvalue weighted by Gasteiger charge is -2.37. The molecule has 1 N–H and O–H groups in total. The first-order chi connectivity index (χ1) is 10.7. The van der Waals surface area contributed by atoms with Gasteiger partial charge in [0, 0.05) is 17.6 Å². The van der Waals surface area contributed by atoms with Crippen LogP contribution in [0.25, 0.3) is 11.1 Å². The Balaban J connectivity index is 1.67. The number of aliphatic hydroxyl groups is 1. The quantitative estimate of drug-likeness (QED) is 0.933. The minimum Gasteiger partial charge on any atom is -0.396 e. The van der Waals surface area contributed by atoms with Gasteiger partial charge >= 0.3 is 0 Å². The van der Waals surface area contributed by atoms with Crippen LogP contribution < -0.4 is 0 Å². The molecule has 0 saturated carbocycles. The van der Waals surface area contributed by atoms with Crippen LogP contribution in [0.2, 0.25) is 0 Å². The predicted octanol–water partition coefficient (Wildman–Crippen LogP) is 3.79. The Hall–Kier alpha value is -1.68.